The highest BCUT2D eigenvalue weighted by Crippen LogP contribution is 2.22. The summed E-state index contributed by atoms with van der Waals surface area (Å²) in [6.45, 7) is -0.596. The van der Waals surface area contributed by atoms with Gasteiger partial charge in [-0.05, 0) is 0 Å². The Hall–Kier alpha value is -1.29. The van der Waals surface area contributed by atoms with Crippen LogP contribution in [0.25, 0.3) is 0 Å². The largest absolute Gasteiger partial charge is 0.508 e. The summed E-state index contributed by atoms with van der Waals surface area (Å²) in [6.07, 6.45) is -0.935. The first kappa shape index (κ1) is 41.7. The maximum absolute atomic E-state index is 12.0. The Kier molecular flexibility index (Phi) is 28.5. The number of hydrogen-bond acceptors (Lipinski definition) is 17. The molecule has 0 saturated carbocycles. The molecule has 0 amide bonds. The molecule has 0 saturated heterocycles. The molecule has 17 heteroatoms. The monoisotopic (exact) mass is 636 g/mol. The van der Waals surface area contributed by atoms with Gasteiger partial charge in [0.2, 0.25) is 0 Å². The zero-order valence-corrected chi connectivity index (χ0v) is 24.9. The second-order valence-electron chi connectivity index (χ2n) is 9.41. The molecule has 0 unspecified atom stereocenters. The molecule has 0 spiro atoms. The van der Waals surface area contributed by atoms with E-state index in [0.717, 1.165) is 0 Å². The van der Waals surface area contributed by atoms with Gasteiger partial charge in [-0.3, -0.25) is 0 Å². The number of carbonyl (C=O) groups is 1. The SMILES string of the molecule is O=C(OCCOCC(COCO)(COCCO)COCCO)OCCOCC(COCCO)(COCCO)COCCO. The summed E-state index contributed by atoms with van der Waals surface area (Å²) < 4.78 is 53.7. The van der Waals surface area contributed by atoms with Gasteiger partial charge >= 0.3 is 6.16 Å². The molecule has 258 valence electrons. The maximum Gasteiger partial charge on any atom is 0.508 e. The lowest BCUT2D eigenvalue weighted by atomic mass is 9.92. The molecule has 0 heterocycles. The zero-order valence-electron chi connectivity index (χ0n) is 24.9. The lowest BCUT2D eigenvalue weighted by Gasteiger charge is -2.32. The number of aliphatic hydroxyl groups excluding tert-OH is 6. The van der Waals surface area contributed by atoms with Gasteiger partial charge in [-0.1, -0.05) is 0 Å². The third kappa shape index (κ3) is 22.8. The summed E-state index contributed by atoms with van der Waals surface area (Å²) in [5.41, 5.74) is -1.66. The van der Waals surface area contributed by atoms with Crippen LogP contribution in [0.2, 0.25) is 0 Å². The topological polar surface area (TPSA) is 231 Å². The molecule has 0 aliphatic rings. The Balaban J connectivity index is 4.61. The minimum Gasteiger partial charge on any atom is -0.432 e. The Labute approximate surface area is 252 Å². The molecule has 43 heavy (non-hydrogen) atoms. The Morgan fingerprint density at radius 2 is 0.628 bits per heavy atom. The number of aliphatic hydroxyl groups is 6. The van der Waals surface area contributed by atoms with E-state index < -0.39 is 23.8 Å². The van der Waals surface area contributed by atoms with Crippen molar-refractivity contribution in [1.82, 2.24) is 0 Å². The van der Waals surface area contributed by atoms with E-state index in [4.69, 9.17) is 78.0 Å². The van der Waals surface area contributed by atoms with Crippen molar-refractivity contribution in [2.24, 2.45) is 10.8 Å². The van der Waals surface area contributed by atoms with E-state index in [1.807, 2.05) is 0 Å². The van der Waals surface area contributed by atoms with Gasteiger partial charge < -0.3 is 78.0 Å². The molecule has 0 rings (SSSR count). The van der Waals surface area contributed by atoms with Crippen LogP contribution >= 0.6 is 0 Å². The average molecular weight is 637 g/mol. The van der Waals surface area contributed by atoms with Crippen molar-refractivity contribution < 1.29 is 82.8 Å². The van der Waals surface area contributed by atoms with E-state index in [9.17, 15) is 4.79 Å². The van der Waals surface area contributed by atoms with Crippen molar-refractivity contribution in [3.8, 4) is 0 Å². The van der Waals surface area contributed by atoms with Crippen LogP contribution in [0.15, 0.2) is 0 Å². The number of ether oxygens (including phenoxy) is 10. The average Bonchev–Trinajstić information content (AvgIpc) is 3.00. The predicted molar refractivity (Wildman–Crippen MR) is 146 cm³/mol. The smallest absolute Gasteiger partial charge is 0.432 e. The van der Waals surface area contributed by atoms with Gasteiger partial charge in [0.25, 0.3) is 0 Å². The zero-order chi connectivity index (χ0) is 31.9. The predicted octanol–water partition coefficient (Wildman–Crippen LogP) is -2.84. The second-order valence-corrected chi connectivity index (χ2v) is 9.41. The number of hydrogen-bond donors (Lipinski definition) is 6. The van der Waals surface area contributed by atoms with E-state index in [-0.39, 0.29) is 145 Å². The van der Waals surface area contributed by atoms with Crippen molar-refractivity contribution >= 4 is 6.16 Å². The van der Waals surface area contributed by atoms with Gasteiger partial charge in [-0.2, -0.15) is 0 Å². The Morgan fingerprint density at radius 3 is 0.884 bits per heavy atom. The first-order valence-electron chi connectivity index (χ1n) is 14.0. The minimum atomic E-state index is -0.935. The van der Waals surface area contributed by atoms with Crippen LogP contribution in [-0.4, -0.2) is 189 Å². The van der Waals surface area contributed by atoms with Crippen LogP contribution in [0.3, 0.4) is 0 Å². The minimum absolute atomic E-state index is 0.00448. The van der Waals surface area contributed by atoms with Crippen molar-refractivity contribution in [3.05, 3.63) is 0 Å². The molecule has 0 aliphatic heterocycles. The van der Waals surface area contributed by atoms with E-state index in [2.05, 4.69) is 0 Å². The van der Waals surface area contributed by atoms with Crippen molar-refractivity contribution in [1.29, 1.82) is 0 Å². The molecule has 0 aromatic rings. The fraction of sp³-hybridized carbons (Fsp3) is 0.962. The van der Waals surface area contributed by atoms with Crippen LogP contribution < -0.4 is 0 Å². The third-order valence-corrected chi connectivity index (χ3v) is 5.43. The summed E-state index contributed by atoms with van der Waals surface area (Å²) in [6, 6.07) is 0. The summed E-state index contributed by atoms with van der Waals surface area (Å²) in [7, 11) is 0. The van der Waals surface area contributed by atoms with Crippen LogP contribution in [0.1, 0.15) is 0 Å². The molecule has 0 fully saturated rings. The summed E-state index contributed by atoms with van der Waals surface area (Å²) >= 11 is 0. The molecule has 0 radical (unpaired) electrons. The molecule has 0 aromatic heterocycles. The first-order valence-corrected chi connectivity index (χ1v) is 14.0. The summed E-state index contributed by atoms with van der Waals surface area (Å²) in [4.78, 5) is 12.0. The lowest BCUT2D eigenvalue weighted by Crippen LogP contribution is -2.42. The van der Waals surface area contributed by atoms with Crippen LogP contribution in [0.4, 0.5) is 4.79 Å². The molecule has 0 aromatic carbocycles. The van der Waals surface area contributed by atoms with Crippen LogP contribution in [0, 0.1) is 10.8 Å². The molecule has 0 bridgehead atoms. The van der Waals surface area contributed by atoms with Crippen molar-refractivity contribution in [2.45, 2.75) is 0 Å². The van der Waals surface area contributed by atoms with Crippen LogP contribution in [-0.2, 0) is 47.4 Å². The molecule has 0 aliphatic carbocycles. The first-order chi connectivity index (χ1) is 21.0. The summed E-state index contributed by atoms with van der Waals surface area (Å²) in [5.74, 6) is 0. The normalized spacial score (nSPS) is 12.1. The highest BCUT2D eigenvalue weighted by molar-refractivity contribution is 5.59. The van der Waals surface area contributed by atoms with Gasteiger partial charge in [0.05, 0.1) is 143 Å². The Bertz CT molecular complexity index is 576. The molecular formula is C26H52O17. The quantitative estimate of drug-likeness (QED) is 0.0242. The molecular weight excluding hydrogens is 584 g/mol. The highest BCUT2D eigenvalue weighted by Gasteiger charge is 2.33. The van der Waals surface area contributed by atoms with E-state index in [0.29, 0.717) is 0 Å². The molecule has 17 nitrogen and oxygen atoms in total. The molecule has 6 N–H and O–H groups in total. The van der Waals surface area contributed by atoms with E-state index >= 15 is 0 Å². The fourth-order valence-electron chi connectivity index (χ4n) is 3.52. The standard InChI is InChI=1S/C26H52O17/c27-1-6-34-15-25(16-35-7-2-28,17-36-8-3-29)20-39-11-13-42-24(33)43-14-12-40-21-26(22-41-23-32,18-37-9-4-30)19-38-10-5-31/h27-32H,1-23H2. The van der Waals surface area contributed by atoms with E-state index in [1.54, 1.807) is 0 Å². The van der Waals surface area contributed by atoms with Crippen molar-refractivity contribution in [3.63, 3.8) is 0 Å². The van der Waals surface area contributed by atoms with Gasteiger partial charge in [0, 0.05) is 0 Å². The van der Waals surface area contributed by atoms with Gasteiger partial charge in [-0.15, -0.1) is 0 Å². The van der Waals surface area contributed by atoms with Crippen molar-refractivity contribution in [2.75, 3.05) is 152 Å². The number of carbonyl (C=O) groups excluding carboxylic acids is 1. The lowest BCUT2D eigenvalue weighted by molar-refractivity contribution is -0.132. The highest BCUT2D eigenvalue weighted by atomic mass is 16.7. The Morgan fingerprint density at radius 1 is 0.372 bits per heavy atom. The van der Waals surface area contributed by atoms with Crippen LogP contribution in [0.5, 0.6) is 0 Å². The van der Waals surface area contributed by atoms with Gasteiger partial charge in [0.1, 0.15) is 20.0 Å². The van der Waals surface area contributed by atoms with E-state index in [1.165, 1.54) is 0 Å². The van der Waals surface area contributed by atoms with Gasteiger partial charge in [0.15, 0.2) is 0 Å². The fourth-order valence-corrected chi connectivity index (χ4v) is 3.52. The van der Waals surface area contributed by atoms with Gasteiger partial charge in [-0.25, -0.2) is 4.79 Å². The molecule has 0 atom stereocenters. The summed E-state index contributed by atoms with van der Waals surface area (Å²) in [5, 5.41) is 54.2. The maximum atomic E-state index is 12.0. The second kappa shape index (κ2) is 29.4. The number of rotatable bonds is 33. The third-order valence-electron chi connectivity index (χ3n) is 5.43.